The van der Waals surface area contributed by atoms with E-state index < -0.39 is 51.7 Å². The number of aliphatic hydroxyl groups excluding tert-OH is 2. The highest BCUT2D eigenvalue weighted by atomic mass is 32.2. The maximum absolute atomic E-state index is 12.9. The Kier molecular flexibility index (Phi) is 12.6. The van der Waals surface area contributed by atoms with Crippen molar-refractivity contribution >= 4 is 17.1 Å². The van der Waals surface area contributed by atoms with Crippen molar-refractivity contribution in [2.24, 2.45) is 0 Å². The molecule has 0 aromatic heterocycles. The Morgan fingerprint density at radius 3 is 1.72 bits per heavy atom. The minimum atomic E-state index is -1.37. The lowest BCUT2D eigenvalue weighted by Gasteiger charge is -2.32. The molecule has 0 aliphatic heterocycles. The lowest BCUT2D eigenvalue weighted by Crippen LogP contribution is -2.53. The van der Waals surface area contributed by atoms with Crippen LogP contribution in [0.1, 0.15) is 52.7 Å². The molecule has 0 saturated carbocycles. The zero-order chi connectivity index (χ0) is 29.2. The van der Waals surface area contributed by atoms with Crippen LogP contribution in [0.4, 0.5) is 4.79 Å². The SMILES string of the molecule is CN(C[C@@H](O)C(Cc1ccccc1)NC(=O)OC(C)(C)C)C[C@@H](O)[C@H](Cc1ccccc1)NS(=O)C(C)(C)C. The van der Waals surface area contributed by atoms with Gasteiger partial charge in [-0.3, -0.25) is 0 Å². The molecule has 0 spiro atoms. The number of hydrogen-bond acceptors (Lipinski definition) is 6. The molecule has 5 atom stereocenters. The Bertz CT molecular complexity index is 1020. The van der Waals surface area contributed by atoms with E-state index in [9.17, 15) is 19.2 Å². The molecular weight excluding hydrogens is 514 g/mol. The van der Waals surface area contributed by atoms with Gasteiger partial charge in [0.15, 0.2) is 0 Å². The molecule has 2 unspecified atom stereocenters. The second kappa shape index (κ2) is 14.9. The summed E-state index contributed by atoms with van der Waals surface area (Å²) in [7, 11) is 0.434. The van der Waals surface area contributed by atoms with Crippen molar-refractivity contribution in [3.8, 4) is 0 Å². The van der Waals surface area contributed by atoms with Gasteiger partial charge in [0.1, 0.15) is 5.60 Å². The number of aliphatic hydroxyl groups is 2. The highest BCUT2D eigenvalue weighted by Gasteiger charge is 2.30. The van der Waals surface area contributed by atoms with Crippen LogP contribution in [-0.2, 0) is 28.6 Å². The first-order chi connectivity index (χ1) is 18.1. The van der Waals surface area contributed by atoms with Crippen LogP contribution in [-0.4, -0.2) is 80.2 Å². The molecule has 0 aliphatic rings. The Balaban J connectivity index is 2.10. The zero-order valence-electron chi connectivity index (χ0n) is 24.4. The van der Waals surface area contributed by atoms with Gasteiger partial charge in [0, 0.05) is 13.1 Å². The molecule has 0 saturated heterocycles. The van der Waals surface area contributed by atoms with Crippen LogP contribution in [0, 0.1) is 0 Å². The lowest BCUT2D eigenvalue weighted by molar-refractivity contribution is 0.0320. The normalized spacial score (nSPS) is 16.3. The van der Waals surface area contributed by atoms with E-state index in [1.165, 1.54) is 0 Å². The number of ether oxygens (including phenoxy) is 1. The Labute approximate surface area is 236 Å². The number of amides is 1. The molecule has 0 bridgehead atoms. The van der Waals surface area contributed by atoms with Crippen molar-refractivity contribution in [3.63, 3.8) is 0 Å². The van der Waals surface area contributed by atoms with E-state index in [0.29, 0.717) is 12.8 Å². The fourth-order valence-electron chi connectivity index (χ4n) is 4.02. The van der Waals surface area contributed by atoms with Crippen LogP contribution in [0.5, 0.6) is 0 Å². The van der Waals surface area contributed by atoms with Crippen LogP contribution >= 0.6 is 0 Å². The largest absolute Gasteiger partial charge is 0.444 e. The number of alkyl carbamates (subject to hydrolysis) is 1. The first-order valence-electron chi connectivity index (χ1n) is 13.4. The summed E-state index contributed by atoms with van der Waals surface area (Å²) in [6, 6.07) is 18.3. The van der Waals surface area contributed by atoms with Gasteiger partial charge in [-0.05, 0) is 72.6 Å². The summed E-state index contributed by atoms with van der Waals surface area (Å²) >= 11 is 0. The highest BCUT2D eigenvalue weighted by Crippen LogP contribution is 2.15. The van der Waals surface area contributed by atoms with Gasteiger partial charge in [0.05, 0.1) is 40.0 Å². The van der Waals surface area contributed by atoms with Gasteiger partial charge < -0.3 is 25.2 Å². The number of hydrogen-bond donors (Lipinski definition) is 4. The van der Waals surface area contributed by atoms with Crippen LogP contribution in [0.3, 0.4) is 0 Å². The molecule has 0 radical (unpaired) electrons. The van der Waals surface area contributed by atoms with Crippen LogP contribution in [0.25, 0.3) is 0 Å². The van der Waals surface area contributed by atoms with Gasteiger partial charge in [-0.1, -0.05) is 60.7 Å². The Morgan fingerprint density at radius 2 is 1.28 bits per heavy atom. The van der Waals surface area contributed by atoms with Crippen LogP contribution < -0.4 is 10.0 Å². The van der Waals surface area contributed by atoms with E-state index in [0.717, 1.165) is 11.1 Å². The number of benzene rings is 2. The van der Waals surface area contributed by atoms with Crippen LogP contribution in [0.2, 0.25) is 0 Å². The molecule has 0 fully saturated rings. The average molecular weight is 562 g/mol. The minimum Gasteiger partial charge on any atom is -0.444 e. The molecule has 1 amide bonds. The summed E-state index contributed by atoms with van der Waals surface area (Å²) in [6.45, 7) is 11.4. The fourth-order valence-corrected chi connectivity index (χ4v) is 4.89. The number of carbonyl (C=O) groups excluding carboxylic acids is 1. The van der Waals surface area contributed by atoms with E-state index >= 15 is 0 Å². The maximum Gasteiger partial charge on any atom is 0.407 e. The van der Waals surface area contributed by atoms with Crippen molar-refractivity contribution in [3.05, 3.63) is 71.8 Å². The molecule has 2 aromatic carbocycles. The number of carbonyl (C=O) groups is 1. The third-order valence-corrected chi connectivity index (χ3v) is 7.67. The molecular formula is C30H47N3O5S. The summed E-state index contributed by atoms with van der Waals surface area (Å²) in [6.07, 6.45) is -1.47. The van der Waals surface area contributed by atoms with E-state index in [4.69, 9.17) is 4.74 Å². The van der Waals surface area contributed by atoms with Crippen molar-refractivity contribution in [1.82, 2.24) is 14.9 Å². The number of nitrogens with one attached hydrogen (secondary N) is 2. The quantitative estimate of drug-likeness (QED) is 0.298. The fraction of sp³-hybridized carbons (Fsp3) is 0.567. The number of nitrogens with zero attached hydrogens (tertiary/aromatic N) is 1. The molecule has 4 N–H and O–H groups in total. The second-order valence-corrected chi connectivity index (χ2v) is 14.1. The zero-order valence-corrected chi connectivity index (χ0v) is 25.2. The first-order valence-corrected chi connectivity index (χ1v) is 14.6. The van der Waals surface area contributed by atoms with Crippen LogP contribution in [0.15, 0.2) is 60.7 Å². The molecule has 0 aliphatic carbocycles. The molecule has 39 heavy (non-hydrogen) atoms. The van der Waals surface area contributed by atoms with Crippen molar-refractivity contribution in [2.45, 2.75) is 89.0 Å². The van der Waals surface area contributed by atoms with E-state index in [1.54, 1.807) is 27.8 Å². The molecule has 2 aromatic rings. The first kappa shape index (κ1) is 32.9. The summed E-state index contributed by atoms with van der Waals surface area (Å²) in [4.78, 5) is 14.4. The molecule has 218 valence electrons. The average Bonchev–Trinajstić information content (AvgIpc) is 2.82. The third-order valence-electron chi connectivity index (χ3n) is 6.04. The van der Waals surface area contributed by atoms with Gasteiger partial charge >= 0.3 is 6.09 Å². The highest BCUT2D eigenvalue weighted by molar-refractivity contribution is 7.84. The smallest absolute Gasteiger partial charge is 0.407 e. The van der Waals surface area contributed by atoms with Gasteiger partial charge in [-0.25, -0.2) is 13.7 Å². The Hall–Kier alpha value is -2.30. The van der Waals surface area contributed by atoms with E-state index in [1.807, 2.05) is 86.3 Å². The van der Waals surface area contributed by atoms with Crippen molar-refractivity contribution in [2.75, 3.05) is 20.1 Å². The minimum absolute atomic E-state index is 0.199. The molecule has 9 heteroatoms. The predicted molar refractivity (Wildman–Crippen MR) is 158 cm³/mol. The van der Waals surface area contributed by atoms with E-state index in [-0.39, 0.29) is 13.1 Å². The topological polar surface area (TPSA) is 111 Å². The molecule has 8 nitrogen and oxygen atoms in total. The van der Waals surface area contributed by atoms with Gasteiger partial charge in [-0.15, -0.1) is 0 Å². The second-order valence-electron chi connectivity index (χ2n) is 12.1. The summed E-state index contributed by atoms with van der Waals surface area (Å²) in [5.41, 5.74) is 1.32. The number of likely N-dealkylation sites (N-methyl/N-ethyl adjacent to an activating group) is 1. The van der Waals surface area contributed by atoms with Crippen molar-refractivity contribution in [1.29, 1.82) is 0 Å². The molecule has 2 rings (SSSR count). The maximum atomic E-state index is 12.9. The monoisotopic (exact) mass is 561 g/mol. The van der Waals surface area contributed by atoms with Gasteiger partial charge in [0.2, 0.25) is 0 Å². The van der Waals surface area contributed by atoms with Gasteiger partial charge in [-0.2, -0.15) is 0 Å². The summed E-state index contributed by atoms with van der Waals surface area (Å²) in [5, 5.41) is 25.2. The predicted octanol–water partition coefficient (Wildman–Crippen LogP) is 3.44. The third kappa shape index (κ3) is 12.6. The number of rotatable bonds is 13. The summed E-state index contributed by atoms with van der Waals surface area (Å²) in [5.74, 6) is 0. The standard InChI is InChI=1S/C30H47N3O5S/c1-29(2,3)38-28(36)31-24(18-22-14-10-8-11-15-22)26(34)20-33(7)21-27(35)25(32-39(37)30(4,5)6)19-23-16-12-9-13-17-23/h8-17,24-27,32,34-35H,18-21H2,1-7H3,(H,31,36)/t24?,25-,26+,27+,39?/m0/s1. The van der Waals surface area contributed by atoms with E-state index in [2.05, 4.69) is 10.0 Å². The Morgan fingerprint density at radius 1 is 0.846 bits per heavy atom. The van der Waals surface area contributed by atoms with Crippen molar-refractivity contribution < 1.29 is 24.0 Å². The van der Waals surface area contributed by atoms with Gasteiger partial charge in [0.25, 0.3) is 0 Å². The lowest BCUT2D eigenvalue weighted by atomic mass is 10.00. The summed E-state index contributed by atoms with van der Waals surface area (Å²) < 4.78 is 20.9. The molecule has 0 heterocycles.